The molecule has 3 heterocycles. The second-order valence-electron chi connectivity index (χ2n) is 9.81. The molecule has 0 unspecified atom stereocenters. The molecule has 9 heteroatoms. The molecule has 1 fully saturated rings. The molecule has 1 saturated heterocycles. The minimum atomic E-state index is -0.990. The highest BCUT2D eigenvalue weighted by atomic mass is 16.5. The van der Waals surface area contributed by atoms with Gasteiger partial charge in [0.1, 0.15) is 12.1 Å². The third kappa shape index (κ3) is 7.44. The van der Waals surface area contributed by atoms with E-state index in [0.29, 0.717) is 32.1 Å². The maximum Gasteiger partial charge on any atom is 0.328 e. The lowest BCUT2D eigenvalue weighted by Crippen LogP contribution is -2.67. The van der Waals surface area contributed by atoms with Crippen LogP contribution in [0.15, 0.2) is 49.1 Å². The zero-order valence-electron chi connectivity index (χ0n) is 21.7. The Bertz CT molecular complexity index is 1010. The van der Waals surface area contributed by atoms with E-state index in [9.17, 15) is 19.2 Å². The third-order valence-electron chi connectivity index (χ3n) is 6.74. The highest BCUT2D eigenvalue weighted by molar-refractivity contribution is 6.38. The van der Waals surface area contributed by atoms with Crippen molar-refractivity contribution in [3.63, 3.8) is 0 Å². The normalized spacial score (nSPS) is 17.0. The molecular formula is C28H35N3O6. The van der Waals surface area contributed by atoms with E-state index in [1.807, 2.05) is 31.2 Å². The summed E-state index contributed by atoms with van der Waals surface area (Å²) in [6, 6.07) is 5.58. The third-order valence-corrected chi connectivity index (χ3v) is 6.74. The van der Waals surface area contributed by atoms with Crippen LogP contribution in [0.25, 0.3) is 0 Å². The van der Waals surface area contributed by atoms with E-state index in [1.54, 1.807) is 38.6 Å². The van der Waals surface area contributed by atoms with Crippen molar-refractivity contribution < 1.29 is 28.7 Å². The highest BCUT2D eigenvalue weighted by Crippen LogP contribution is 2.32. The highest BCUT2D eigenvalue weighted by Gasteiger charge is 2.53. The number of likely N-dealkylation sites (tertiary alicyclic amines) is 1. The standard InChI is InChI=1S/C28H35N3O6/c1-4-28(2,3)24(32)25(33)31-22(26(34)36-15-7-11-20-9-5-13-29-18-20)17-23(31)27(35)37-16-8-12-21-10-6-14-30-19-21/h5-6,9-10,13-14,18-19,22-23H,4,7-8,11-12,15-17H2,1-3H3/t22-,23-/m1/s1. The van der Waals surface area contributed by atoms with Gasteiger partial charge in [-0.15, -0.1) is 0 Å². The number of ketones is 1. The molecule has 2 aromatic rings. The monoisotopic (exact) mass is 509 g/mol. The molecule has 3 rings (SSSR count). The molecule has 37 heavy (non-hydrogen) atoms. The molecule has 0 spiro atoms. The fourth-order valence-corrected chi connectivity index (χ4v) is 3.97. The van der Waals surface area contributed by atoms with Crippen molar-refractivity contribution >= 4 is 23.6 Å². The first-order chi connectivity index (χ1) is 17.7. The fraction of sp³-hybridized carbons (Fsp3) is 0.500. The predicted molar refractivity (Wildman–Crippen MR) is 135 cm³/mol. The summed E-state index contributed by atoms with van der Waals surface area (Å²) in [6.45, 7) is 5.46. The molecule has 0 saturated carbocycles. The van der Waals surface area contributed by atoms with E-state index in [2.05, 4.69) is 9.97 Å². The molecule has 198 valence electrons. The molecule has 0 aromatic carbocycles. The zero-order chi connectivity index (χ0) is 26.8. The van der Waals surface area contributed by atoms with Crippen molar-refractivity contribution in [1.82, 2.24) is 14.9 Å². The van der Waals surface area contributed by atoms with Gasteiger partial charge in [0.25, 0.3) is 5.91 Å². The topological polar surface area (TPSA) is 116 Å². The number of aromatic nitrogens is 2. The van der Waals surface area contributed by atoms with Crippen LogP contribution in [-0.2, 0) is 41.5 Å². The summed E-state index contributed by atoms with van der Waals surface area (Å²) in [5, 5.41) is 0. The summed E-state index contributed by atoms with van der Waals surface area (Å²) >= 11 is 0. The number of esters is 2. The van der Waals surface area contributed by atoms with Crippen LogP contribution in [0.5, 0.6) is 0 Å². The lowest BCUT2D eigenvalue weighted by Gasteiger charge is -2.45. The predicted octanol–water partition coefficient (Wildman–Crippen LogP) is 3.10. The fourth-order valence-electron chi connectivity index (χ4n) is 3.97. The average Bonchev–Trinajstić information content (AvgIpc) is 2.89. The van der Waals surface area contributed by atoms with E-state index in [-0.39, 0.29) is 19.6 Å². The number of ether oxygens (including phenoxy) is 2. The van der Waals surface area contributed by atoms with Gasteiger partial charge in [-0.25, -0.2) is 9.59 Å². The maximum absolute atomic E-state index is 13.1. The summed E-state index contributed by atoms with van der Waals surface area (Å²) in [5.74, 6) is -2.74. The Morgan fingerprint density at radius 3 is 1.78 bits per heavy atom. The molecule has 1 amide bonds. The van der Waals surface area contributed by atoms with Gasteiger partial charge in [-0.1, -0.05) is 32.9 Å². The molecule has 0 aliphatic carbocycles. The van der Waals surface area contributed by atoms with Crippen molar-refractivity contribution in [1.29, 1.82) is 0 Å². The Hall–Kier alpha value is -3.62. The Morgan fingerprint density at radius 1 is 0.892 bits per heavy atom. The van der Waals surface area contributed by atoms with Gasteiger partial charge in [0.15, 0.2) is 0 Å². The minimum Gasteiger partial charge on any atom is -0.464 e. The Morgan fingerprint density at radius 2 is 1.38 bits per heavy atom. The SMILES string of the molecule is CCC(C)(C)C(=O)C(=O)N1[C@@H](C(=O)OCCCc2cccnc2)C[C@@H]1C(=O)OCCCc1cccnc1. The molecule has 2 atom stereocenters. The summed E-state index contributed by atoms with van der Waals surface area (Å²) < 4.78 is 10.8. The number of carbonyl (C=O) groups is 4. The number of rotatable bonds is 13. The molecule has 0 radical (unpaired) electrons. The number of pyridine rings is 2. The molecule has 0 bridgehead atoms. The first kappa shape index (κ1) is 28.0. The zero-order valence-corrected chi connectivity index (χ0v) is 21.7. The number of amides is 1. The van der Waals surface area contributed by atoms with Crippen LogP contribution in [0.1, 0.15) is 57.6 Å². The summed E-state index contributed by atoms with van der Waals surface area (Å²) in [5.41, 5.74) is 1.14. The van der Waals surface area contributed by atoms with E-state index in [1.165, 1.54) is 0 Å². The first-order valence-electron chi connectivity index (χ1n) is 12.7. The Balaban J connectivity index is 1.56. The molecule has 1 aliphatic rings. The van der Waals surface area contributed by atoms with Gasteiger partial charge in [0.2, 0.25) is 5.78 Å². The van der Waals surface area contributed by atoms with Gasteiger partial charge >= 0.3 is 11.9 Å². The van der Waals surface area contributed by atoms with E-state index in [0.717, 1.165) is 16.0 Å². The summed E-state index contributed by atoms with van der Waals surface area (Å²) in [4.78, 5) is 60.8. The van der Waals surface area contributed by atoms with E-state index < -0.39 is 41.1 Å². The molecule has 2 aromatic heterocycles. The number of hydrogen-bond acceptors (Lipinski definition) is 8. The van der Waals surface area contributed by atoms with Crippen LogP contribution < -0.4 is 0 Å². The van der Waals surface area contributed by atoms with Gasteiger partial charge < -0.3 is 14.4 Å². The van der Waals surface area contributed by atoms with Crippen molar-refractivity contribution in [2.24, 2.45) is 5.41 Å². The number of aryl methyl sites for hydroxylation is 2. The van der Waals surface area contributed by atoms with Crippen LogP contribution in [0.3, 0.4) is 0 Å². The molecule has 9 nitrogen and oxygen atoms in total. The molecule has 0 N–H and O–H groups in total. The van der Waals surface area contributed by atoms with Gasteiger partial charge in [0, 0.05) is 36.6 Å². The van der Waals surface area contributed by atoms with Crippen LogP contribution in [0, 0.1) is 5.41 Å². The maximum atomic E-state index is 13.1. The van der Waals surface area contributed by atoms with Gasteiger partial charge in [0.05, 0.1) is 13.2 Å². The number of hydrogen-bond donors (Lipinski definition) is 0. The smallest absolute Gasteiger partial charge is 0.328 e. The van der Waals surface area contributed by atoms with Gasteiger partial charge in [-0.2, -0.15) is 0 Å². The van der Waals surface area contributed by atoms with Crippen LogP contribution in [0.4, 0.5) is 0 Å². The Kier molecular flexibility index (Phi) is 9.88. The summed E-state index contributed by atoms with van der Waals surface area (Å²) in [7, 11) is 0. The van der Waals surface area contributed by atoms with E-state index in [4.69, 9.17) is 9.47 Å². The first-order valence-corrected chi connectivity index (χ1v) is 12.7. The average molecular weight is 510 g/mol. The van der Waals surface area contributed by atoms with E-state index >= 15 is 0 Å². The quantitative estimate of drug-likeness (QED) is 0.230. The van der Waals surface area contributed by atoms with Crippen molar-refractivity contribution in [3.05, 3.63) is 60.2 Å². The second-order valence-corrected chi connectivity index (χ2v) is 9.81. The van der Waals surface area contributed by atoms with Crippen molar-refractivity contribution in [2.75, 3.05) is 13.2 Å². The lowest BCUT2D eigenvalue weighted by atomic mass is 9.82. The Labute approximate surface area is 217 Å². The molecular weight excluding hydrogens is 474 g/mol. The van der Waals surface area contributed by atoms with Crippen molar-refractivity contribution in [2.45, 2.75) is 71.4 Å². The number of Topliss-reactive ketones (excluding diaryl/α,β-unsaturated/α-hetero) is 1. The second kappa shape index (κ2) is 13.1. The number of nitrogens with zero attached hydrogens (tertiary/aromatic N) is 3. The van der Waals surface area contributed by atoms with Gasteiger partial charge in [-0.05, 0) is 55.4 Å². The van der Waals surface area contributed by atoms with Crippen molar-refractivity contribution in [3.8, 4) is 0 Å². The summed E-state index contributed by atoms with van der Waals surface area (Å²) in [6.07, 6.45) is 9.93. The van der Waals surface area contributed by atoms with Crippen LogP contribution in [0.2, 0.25) is 0 Å². The lowest BCUT2D eigenvalue weighted by molar-refractivity contribution is -0.179. The van der Waals surface area contributed by atoms with Crippen LogP contribution in [-0.4, -0.2) is 63.8 Å². The minimum absolute atomic E-state index is 0.0639. The largest absolute Gasteiger partial charge is 0.464 e. The molecule has 1 aliphatic heterocycles. The van der Waals surface area contributed by atoms with Crippen LogP contribution >= 0.6 is 0 Å². The number of carbonyl (C=O) groups excluding carboxylic acids is 4. The van der Waals surface area contributed by atoms with Gasteiger partial charge in [-0.3, -0.25) is 19.6 Å².